The number of halogens is 1. The van der Waals surface area contributed by atoms with Crippen molar-refractivity contribution in [3.63, 3.8) is 0 Å². The number of aromatic amines is 1. The van der Waals surface area contributed by atoms with Crippen LogP contribution >= 0.6 is 0 Å². The number of aryl methyl sites for hydroxylation is 1. The van der Waals surface area contributed by atoms with Crippen molar-refractivity contribution in [3.05, 3.63) is 83.6 Å². The third-order valence-electron chi connectivity index (χ3n) is 6.27. The Hall–Kier alpha value is -4.05. The van der Waals surface area contributed by atoms with E-state index in [-0.39, 0.29) is 17.9 Å². The number of carbonyl (C=O) groups is 1. The largest absolute Gasteiger partial charge is 0.345 e. The molecule has 0 aliphatic carbocycles. The van der Waals surface area contributed by atoms with Crippen molar-refractivity contribution in [2.24, 2.45) is 0 Å². The second kappa shape index (κ2) is 9.44. The van der Waals surface area contributed by atoms with Crippen LogP contribution < -0.4 is 5.32 Å². The van der Waals surface area contributed by atoms with Gasteiger partial charge in [0.05, 0.1) is 34.1 Å². The normalized spacial score (nSPS) is 12.0. The van der Waals surface area contributed by atoms with Crippen molar-refractivity contribution in [2.75, 3.05) is 0 Å². The van der Waals surface area contributed by atoms with Crippen molar-refractivity contribution in [1.82, 2.24) is 24.2 Å². The fourth-order valence-corrected chi connectivity index (χ4v) is 5.36. The molecule has 0 unspecified atom stereocenters. The molecule has 3 heterocycles. The van der Waals surface area contributed by atoms with E-state index in [1.54, 1.807) is 44.2 Å². The summed E-state index contributed by atoms with van der Waals surface area (Å²) in [7, 11) is -3.65. The Labute approximate surface area is 213 Å². The number of hydrogen-bond acceptors (Lipinski definition) is 5. The maximum atomic E-state index is 14.0. The molecule has 5 rings (SSSR count). The number of benzene rings is 2. The molecule has 0 fully saturated rings. The second-order valence-electron chi connectivity index (χ2n) is 9.08. The van der Waals surface area contributed by atoms with E-state index in [2.05, 4.69) is 20.3 Å². The lowest BCUT2D eigenvalue weighted by atomic mass is 10.1. The molecule has 190 valence electrons. The highest BCUT2D eigenvalue weighted by Crippen LogP contribution is 2.25. The van der Waals surface area contributed by atoms with Crippen molar-refractivity contribution in [1.29, 1.82) is 0 Å². The van der Waals surface area contributed by atoms with Gasteiger partial charge < -0.3 is 10.3 Å². The van der Waals surface area contributed by atoms with Gasteiger partial charge in [-0.1, -0.05) is 25.1 Å². The highest BCUT2D eigenvalue weighted by Gasteiger charge is 2.24. The zero-order valence-corrected chi connectivity index (χ0v) is 21.4. The van der Waals surface area contributed by atoms with Crippen LogP contribution in [0.25, 0.3) is 33.3 Å². The van der Waals surface area contributed by atoms with Gasteiger partial charge >= 0.3 is 0 Å². The number of fused-ring (bicyclic) bond motifs is 2. The summed E-state index contributed by atoms with van der Waals surface area (Å²) < 4.78 is 40.9. The zero-order valence-electron chi connectivity index (χ0n) is 20.6. The summed E-state index contributed by atoms with van der Waals surface area (Å²) in [6, 6.07) is 15.4. The number of rotatable bonds is 7. The lowest BCUT2D eigenvalue weighted by molar-refractivity contribution is 0.0951. The number of hydrogen-bond donors (Lipinski definition) is 2. The topological polar surface area (TPSA) is 110 Å². The minimum atomic E-state index is -3.65. The summed E-state index contributed by atoms with van der Waals surface area (Å²) in [6.45, 7) is 5.25. The van der Waals surface area contributed by atoms with Crippen molar-refractivity contribution < 1.29 is 17.6 Å². The van der Waals surface area contributed by atoms with Crippen LogP contribution in [0.3, 0.4) is 0 Å². The summed E-state index contributed by atoms with van der Waals surface area (Å²) in [5.41, 5.74) is 3.99. The number of nitrogens with zero attached hydrogens (tertiary/aromatic N) is 3. The number of amides is 1. The van der Waals surface area contributed by atoms with Crippen LogP contribution in [-0.2, 0) is 23.0 Å². The standard InChI is InChI=1S/C27H26FN5O3S/c1-4-17-11-18(13-19(28)12-17)22-9-10-23-26(31-22)32-25(30-23)14-29-27(34)21-15-33(37(35,36)16(2)3)24-8-6-5-7-20(21)24/h5-13,15-16H,4,14H2,1-3H3,(H,29,34)(H,30,31,32). The molecule has 2 aromatic carbocycles. The van der Waals surface area contributed by atoms with E-state index in [1.807, 2.05) is 19.1 Å². The smallest absolute Gasteiger partial charge is 0.253 e. The predicted molar refractivity (Wildman–Crippen MR) is 141 cm³/mol. The molecule has 0 saturated heterocycles. The minimum Gasteiger partial charge on any atom is -0.345 e. The van der Waals surface area contributed by atoms with Crippen LogP contribution in [0.4, 0.5) is 4.39 Å². The second-order valence-corrected chi connectivity index (χ2v) is 11.5. The molecular weight excluding hydrogens is 493 g/mol. The Morgan fingerprint density at radius 3 is 2.65 bits per heavy atom. The van der Waals surface area contributed by atoms with Gasteiger partial charge in [0.15, 0.2) is 5.65 Å². The lowest BCUT2D eigenvalue weighted by Gasteiger charge is -2.09. The van der Waals surface area contributed by atoms with Gasteiger partial charge in [-0.05, 0) is 62.2 Å². The average Bonchev–Trinajstić information content (AvgIpc) is 3.48. The van der Waals surface area contributed by atoms with Crippen LogP contribution in [0.15, 0.2) is 60.8 Å². The zero-order chi connectivity index (χ0) is 26.3. The van der Waals surface area contributed by atoms with Gasteiger partial charge in [-0.3, -0.25) is 4.79 Å². The van der Waals surface area contributed by atoms with Gasteiger partial charge in [0.2, 0.25) is 10.0 Å². The highest BCUT2D eigenvalue weighted by atomic mass is 32.2. The molecule has 0 radical (unpaired) electrons. The first kappa shape index (κ1) is 24.6. The van der Waals surface area contributed by atoms with Crippen LogP contribution in [-0.4, -0.2) is 38.5 Å². The predicted octanol–water partition coefficient (Wildman–Crippen LogP) is 4.80. The molecule has 0 bridgehead atoms. The van der Waals surface area contributed by atoms with E-state index < -0.39 is 21.2 Å². The number of aromatic nitrogens is 4. The third-order valence-corrected chi connectivity index (χ3v) is 8.31. The van der Waals surface area contributed by atoms with E-state index >= 15 is 0 Å². The summed E-state index contributed by atoms with van der Waals surface area (Å²) in [5.74, 6) is -0.251. The molecule has 3 aromatic heterocycles. The molecule has 5 aromatic rings. The third kappa shape index (κ3) is 4.60. The first-order chi connectivity index (χ1) is 17.7. The van der Waals surface area contributed by atoms with E-state index in [0.29, 0.717) is 45.6 Å². The van der Waals surface area contributed by atoms with Crippen LogP contribution in [0.2, 0.25) is 0 Å². The van der Waals surface area contributed by atoms with E-state index in [0.717, 1.165) is 5.56 Å². The van der Waals surface area contributed by atoms with E-state index in [4.69, 9.17) is 0 Å². The van der Waals surface area contributed by atoms with Gasteiger partial charge in [0.1, 0.15) is 11.6 Å². The Morgan fingerprint density at radius 1 is 1.11 bits per heavy atom. The summed E-state index contributed by atoms with van der Waals surface area (Å²) in [4.78, 5) is 25.3. The van der Waals surface area contributed by atoms with Crippen molar-refractivity contribution in [2.45, 2.75) is 39.0 Å². The molecule has 0 aliphatic rings. The summed E-state index contributed by atoms with van der Waals surface area (Å²) in [5, 5.41) is 2.71. The van der Waals surface area contributed by atoms with E-state index in [1.165, 1.54) is 22.3 Å². The molecule has 1 amide bonds. The van der Waals surface area contributed by atoms with Crippen LogP contribution in [0.5, 0.6) is 0 Å². The SMILES string of the molecule is CCc1cc(F)cc(-c2ccc3[nH]c(CNC(=O)c4cn(S(=O)(=O)C(C)C)c5ccccc45)nc3n2)c1. The number of imidazole rings is 1. The van der Waals surface area contributed by atoms with Gasteiger partial charge in [-0.15, -0.1) is 0 Å². The molecule has 37 heavy (non-hydrogen) atoms. The number of nitrogens with one attached hydrogen (secondary N) is 2. The monoisotopic (exact) mass is 519 g/mol. The molecule has 0 atom stereocenters. The van der Waals surface area contributed by atoms with Crippen molar-refractivity contribution in [3.8, 4) is 11.3 Å². The number of pyridine rings is 1. The molecule has 8 nitrogen and oxygen atoms in total. The van der Waals surface area contributed by atoms with Gasteiger partial charge in [-0.25, -0.2) is 26.7 Å². The molecule has 0 spiro atoms. The lowest BCUT2D eigenvalue weighted by Crippen LogP contribution is -2.24. The quantitative estimate of drug-likeness (QED) is 0.321. The Morgan fingerprint density at radius 2 is 1.89 bits per heavy atom. The molecular formula is C27H26FN5O3S. The number of H-pyrrole nitrogens is 1. The van der Waals surface area contributed by atoms with Crippen molar-refractivity contribution >= 4 is 38.0 Å². The maximum Gasteiger partial charge on any atom is 0.253 e. The van der Waals surface area contributed by atoms with Gasteiger partial charge in [0, 0.05) is 17.1 Å². The average molecular weight is 520 g/mol. The highest BCUT2D eigenvalue weighted by molar-refractivity contribution is 7.90. The fraction of sp³-hybridized carbons (Fsp3) is 0.222. The Balaban J connectivity index is 1.40. The molecule has 10 heteroatoms. The molecule has 0 aliphatic heterocycles. The first-order valence-electron chi connectivity index (χ1n) is 12.0. The molecule has 0 saturated carbocycles. The maximum absolute atomic E-state index is 14.0. The summed E-state index contributed by atoms with van der Waals surface area (Å²) in [6.07, 6.45) is 2.08. The van der Waals surface area contributed by atoms with Crippen LogP contribution in [0.1, 0.15) is 42.5 Å². The van der Waals surface area contributed by atoms with Gasteiger partial charge in [0.25, 0.3) is 5.91 Å². The van der Waals surface area contributed by atoms with Crippen LogP contribution in [0, 0.1) is 5.82 Å². The minimum absolute atomic E-state index is 0.0842. The Kier molecular flexibility index (Phi) is 6.28. The Bertz CT molecular complexity index is 1750. The van der Waals surface area contributed by atoms with E-state index in [9.17, 15) is 17.6 Å². The first-order valence-corrected chi connectivity index (χ1v) is 13.5. The fourth-order valence-electron chi connectivity index (χ4n) is 4.22. The molecule has 2 N–H and O–H groups in total. The van der Waals surface area contributed by atoms with Gasteiger partial charge in [-0.2, -0.15) is 0 Å². The summed E-state index contributed by atoms with van der Waals surface area (Å²) >= 11 is 0. The number of para-hydroxylation sites is 1. The number of carbonyl (C=O) groups excluding carboxylic acids is 1.